The summed E-state index contributed by atoms with van der Waals surface area (Å²) in [5.41, 5.74) is 9.13. The van der Waals surface area contributed by atoms with Crippen molar-refractivity contribution in [3.05, 3.63) is 71.1 Å². The Labute approximate surface area is 215 Å². The Hall–Kier alpha value is -3.52. The second kappa shape index (κ2) is 12.4. The number of morpholine rings is 1. The lowest BCUT2D eigenvalue weighted by Crippen LogP contribution is -2.38. The van der Waals surface area contributed by atoms with Gasteiger partial charge in [0.1, 0.15) is 30.3 Å². The van der Waals surface area contributed by atoms with Crippen molar-refractivity contribution >= 4 is 28.5 Å². The number of amides is 1. The van der Waals surface area contributed by atoms with Gasteiger partial charge in [-0.1, -0.05) is 36.0 Å². The number of amidine groups is 1. The highest BCUT2D eigenvalue weighted by atomic mass is 32.2. The van der Waals surface area contributed by atoms with Crippen LogP contribution in [0.25, 0.3) is 0 Å². The smallest absolute Gasteiger partial charge is 0.221 e. The third-order valence-electron chi connectivity index (χ3n) is 5.77. The van der Waals surface area contributed by atoms with Gasteiger partial charge >= 0.3 is 0 Å². The number of nitrogens with two attached hydrogens (primary N) is 1. The Morgan fingerprint density at radius 3 is 2.81 bits per heavy atom. The Balaban J connectivity index is 1.37. The normalized spacial score (nSPS) is 18.1. The summed E-state index contributed by atoms with van der Waals surface area (Å²) in [7, 11) is 0. The molecule has 1 atom stereocenters. The molecule has 4 N–H and O–H groups in total. The molecule has 2 heterocycles. The topological polar surface area (TPSA) is 125 Å². The van der Waals surface area contributed by atoms with Crippen LogP contribution < -0.4 is 21.1 Å². The van der Waals surface area contributed by atoms with E-state index >= 15 is 0 Å². The summed E-state index contributed by atoms with van der Waals surface area (Å²) < 4.78 is 11.4. The van der Waals surface area contributed by atoms with Crippen LogP contribution in [0.4, 0.5) is 5.69 Å². The molecule has 0 aromatic heterocycles. The van der Waals surface area contributed by atoms with E-state index < -0.39 is 6.04 Å². The van der Waals surface area contributed by atoms with E-state index in [4.69, 9.17) is 20.2 Å². The summed E-state index contributed by atoms with van der Waals surface area (Å²) in [6, 6.07) is 16.9. The van der Waals surface area contributed by atoms with Gasteiger partial charge < -0.3 is 25.8 Å². The van der Waals surface area contributed by atoms with Crippen LogP contribution in [0.2, 0.25) is 0 Å². The first-order valence-electron chi connectivity index (χ1n) is 11.8. The highest BCUT2D eigenvalue weighted by Crippen LogP contribution is 2.32. The van der Waals surface area contributed by atoms with E-state index in [9.17, 15) is 10.1 Å². The summed E-state index contributed by atoms with van der Waals surface area (Å²) in [4.78, 5) is 18.4. The fourth-order valence-electron chi connectivity index (χ4n) is 3.93. The lowest BCUT2D eigenvalue weighted by molar-refractivity contribution is -0.114. The van der Waals surface area contributed by atoms with Crippen molar-refractivity contribution in [2.45, 2.75) is 18.7 Å². The molecule has 0 aliphatic carbocycles. The van der Waals surface area contributed by atoms with Crippen LogP contribution in [0, 0.1) is 11.3 Å². The second-order valence-corrected chi connectivity index (χ2v) is 9.41. The first-order chi connectivity index (χ1) is 17.5. The minimum Gasteiger partial charge on any atom is -0.492 e. The average Bonchev–Trinajstić information content (AvgIpc) is 2.88. The molecular formula is C26H30N6O3S. The predicted molar refractivity (Wildman–Crippen MR) is 141 cm³/mol. The van der Waals surface area contributed by atoms with Crippen LogP contribution in [0.3, 0.4) is 0 Å². The number of benzene rings is 2. The van der Waals surface area contributed by atoms with Crippen molar-refractivity contribution < 1.29 is 14.3 Å². The van der Waals surface area contributed by atoms with E-state index in [0.29, 0.717) is 34.6 Å². The maximum Gasteiger partial charge on any atom is 0.221 e. The summed E-state index contributed by atoms with van der Waals surface area (Å²) >= 11 is 1.51. The summed E-state index contributed by atoms with van der Waals surface area (Å²) in [5, 5.41) is 16.1. The van der Waals surface area contributed by atoms with Gasteiger partial charge in [0.05, 0.1) is 18.8 Å². The zero-order chi connectivity index (χ0) is 25.3. The Kier molecular flexibility index (Phi) is 8.84. The zero-order valence-corrected chi connectivity index (χ0v) is 21.0. The third-order valence-corrected chi connectivity index (χ3v) is 6.73. The van der Waals surface area contributed by atoms with Crippen molar-refractivity contribution in [3.63, 3.8) is 0 Å². The van der Waals surface area contributed by atoms with Gasteiger partial charge in [-0.25, -0.2) is 4.99 Å². The van der Waals surface area contributed by atoms with Gasteiger partial charge in [0, 0.05) is 38.0 Å². The number of hydrogen-bond donors (Lipinski definition) is 3. The van der Waals surface area contributed by atoms with Crippen LogP contribution in [0.1, 0.15) is 24.1 Å². The molecule has 188 valence electrons. The van der Waals surface area contributed by atoms with E-state index in [2.05, 4.69) is 21.6 Å². The van der Waals surface area contributed by atoms with Gasteiger partial charge in [0.25, 0.3) is 0 Å². The van der Waals surface area contributed by atoms with Crippen molar-refractivity contribution in [2.75, 3.05) is 44.8 Å². The number of ether oxygens (including phenoxy) is 2. The van der Waals surface area contributed by atoms with Crippen molar-refractivity contribution in [1.82, 2.24) is 10.2 Å². The SMILES string of the molecule is CC(=O)Nc1ccc(C2N=C(SCc3cccc(OCCN4CCOCC4)c3)NC(N)=C2C#N)cc1. The number of nitrogens with zero attached hydrogens (tertiary/aromatic N) is 3. The lowest BCUT2D eigenvalue weighted by atomic mass is 9.99. The van der Waals surface area contributed by atoms with E-state index in [1.807, 2.05) is 36.4 Å². The second-order valence-electron chi connectivity index (χ2n) is 8.44. The molecule has 0 bridgehead atoms. The molecule has 1 saturated heterocycles. The molecule has 2 aromatic rings. The van der Waals surface area contributed by atoms with Gasteiger partial charge in [-0.15, -0.1) is 0 Å². The average molecular weight is 507 g/mol. The van der Waals surface area contributed by atoms with Crippen LogP contribution >= 0.6 is 11.8 Å². The molecule has 0 spiro atoms. The zero-order valence-electron chi connectivity index (χ0n) is 20.2. The molecular weight excluding hydrogens is 476 g/mol. The molecule has 10 heteroatoms. The van der Waals surface area contributed by atoms with Gasteiger partial charge in [-0.3, -0.25) is 9.69 Å². The van der Waals surface area contributed by atoms with E-state index in [0.717, 1.165) is 49.7 Å². The van der Waals surface area contributed by atoms with E-state index in [1.54, 1.807) is 12.1 Å². The van der Waals surface area contributed by atoms with E-state index in [-0.39, 0.29) is 5.91 Å². The molecule has 36 heavy (non-hydrogen) atoms. The molecule has 2 aliphatic heterocycles. The van der Waals surface area contributed by atoms with Crippen LogP contribution in [-0.2, 0) is 15.3 Å². The third kappa shape index (κ3) is 7.01. The maximum atomic E-state index is 11.3. The van der Waals surface area contributed by atoms with Crippen molar-refractivity contribution in [3.8, 4) is 11.8 Å². The summed E-state index contributed by atoms with van der Waals surface area (Å²) in [6.45, 7) is 6.42. The number of thioether (sulfide) groups is 1. The number of carbonyl (C=O) groups excluding carboxylic acids is 1. The number of rotatable bonds is 8. The maximum absolute atomic E-state index is 11.3. The first-order valence-corrected chi connectivity index (χ1v) is 12.8. The quantitative estimate of drug-likeness (QED) is 0.499. The molecule has 2 aliphatic rings. The molecule has 1 unspecified atom stereocenters. The number of anilines is 1. The van der Waals surface area contributed by atoms with Crippen molar-refractivity contribution in [2.24, 2.45) is 10.7 Å². The molecule has 9 nitrogen and oxygen atoms in total. The fourth-order valence-corrected chi connectivity index (χ4v) is 4.77. The Morgan fingerprint density at radius 1 is 1.31 bits per heavy atom. The van der Waals surface area contributed by atoms with Gasteiger partial charge in [-0.2, -0.15) is 5.26 Å². The number of hydrogen-bond acceptors (Lipinski definition) is 9. The molecule has 0 saturated carbocycles. The molecule has 1 fully saturated rings. The fraction of sp³-hybridized carbons (Fsp3) is 0.346. The standard InChI is InChI=1S/C26H30N6O3S/c1-18(33)29-21-7-5-20(6-8-21)24-23(16-27)25(28)31-26(30-24)36-17-19-3-2-4-22(15-19)35-14-11-32-9-12-34-13-10-32/h2-8,15,24H,9-14,17,28H2,1H3,(H,29,33)(H,30,31). The summed E-state index contributed by atoms with van der Waals surface area (Å²) in [6.07, 6.45) is 0. The largest absolute Gasteiger partial charge is 0.492 e. The minimum atomic E-state index is -0.514. The van der Waals surface area contributed by atoms with Gasteiger partial charge in [-0.05, 0) is 35.4 Å². The number of carbonyl (C=O) groups is 1. The predicted octanol–water partition coefficient (Wildman–Crippen LogP) is 2.98. The minimum absolute atomic E-state index is 0.144. The number of aliphatic imine (C=N–C) groups is 1. The molecule has 2 aromatic carbocycles. The first kappa shape index (κ1) is 25.6. The monoisotopic (exact) mass is 506 g/mol. The van der Waals surface area contributed by atoms with Crippen LogP contribution in [0.15, 0.2) is 64.9 Å². The molecule has 1 amide bonds. The Bertz CT molecular complexity index is 1170. The lowest BCUT2D eigenvalue weighted by Gasteiger charge is -2.26. The highest BCUT2D eigenvalue weighted by Gasteiger charge is 2.25. The van der Waals surface area contributed by atoms with Gasteiger partial charge in [0.15, 0.2) is 5.17 Å². The number of nitriles is 1. The highest BCUT2D eigenvalue weighted by molar-refractivity contribution is 8.13. The van der Waals surface area contributed by atoms with Crippen LogP contribution in [0.5, 0.6) is 5.75 Å². The molecule has 0 radical (unpaired) electrons. The summed E-state index contributed by atoms with van der Waals surface area (Å²) in [5.74, 6) is 1.65. The van der Waals surface area contributed by atoms with Crippen molar-refractivity contribution in [1.29, 1.82) is 5.26 Å². The molecule has 4 rings (SSSR count). The Morgan fingerprint density at radius 2 is 2.08 bits per heavy atom. The van der Waals surface area contributed by atoms with Gasteiger partial charge in [0.2, 0.25) is 5.91 Å². The van der Waals surface area contributed by atoms with Crippen LogP contribution in [-0.4, -0.2) is 55.4 Å². The number of nitrogens with one attached hydrogen (secondary N) is 2. The van der Waals surface area contributed by atoms with E-state index in [1.165, 1.54) is 18.7 Å².